The molecule has 1 N–H and O–H groups in total. The predicted octanol–water partition coefficient (Wildman–Crippen LogP) is 4.24. The smallest absolute Gasteiger partial charge is 0.0798 e. The number of aromatic nitrogens is 1. The lowest BCUT2D eigenvalue weighted by Crippen LogP contribution is -2.20. The minimum Gasteiger partial charge on any atom is -0.309 e. The summed E-state index contributed by atoms with van der Waals surface area (Å²) in [6.45, 7) is 9.05. The van der Waals surface area contributed by atoms with Crippen LogP contribution in [0.1, 0.15) is 55.6 Å². The average Bonchev–Trinajstić information content (AvgIpc) is 2.74. The van der Waals surface area contributed by atoms with Gasteiger partial charge in [-0.3, -0.25) is 0 Å². The predicted molar refractivity (Wildman–Crippen MR) is 76.6 cm³/mol. The van der Waals surface area contributed by atoms with Crippen LogP contribution in [0.15, 0.2) is 18.2 Å². The zero-order valence-electron chi connectivity index (χ0n) is 11.0. The Bertz CT molecular complexity index is 320. The molecule has 17 heavy (non-hydrogen) atoms. The van der Waals surface area contributed by atoms with Crippen LogP contribution in [0.5, 0.6) is 0 Å². The van der Waals surface area contributed by atoms with Gasteiger partial charge in [0, 0.05) is 10.9 Å². The first-order valence-corrected chi connectivity index (χ1v) is 7.41. The van der Waals surface area contributed by atoms with Gasteiger partial charge in [0.05, 0.1) is 11.2 Å². The Kier molecular flexibility index (Phi) is 7.13. The van der Waals surface area contributed by atoms with E-state index in [1.54, 1.807) is 11.3 Å². The fourth-order valence-corrected chi connectivity index (χ4v) is 2.94. The highest BCUT2D eigenvalue weighted by Gasteiger charge is 2.14. The number of allylic oxidation sites excluding steroid dienone is 1. The summed E-state index contributed by atoms with van der Waals surface area (Å²) < 4.78 is 0. The van der Waals surface area contributed by atoms with Crippen molar-refractivity contribution < 1.29 is 0 Å². The highest BCUT2D eigenvalue weighted by Crippen LogP contribution is 2.26. The maximum absolute atomic E-state index is 4.34. The van der Waals surface area contributed by atoms with E-state index in [1.165, 1.54) is 36.3 Å². The van der Waals surface area contributed by atoms with Crippen LogP contribution in [0, 0.1) is 6.92 Å². The normalized spacial score (nSPS) is 12.6. The van der Waals surface area contributed by atoms with E-state index in [4.69, 9.17) is 0 Å². The molecule has 1 aromatic rings. The highest BCUT2D eigenvalue weighted by molar-refractivity contribution is 7.09. The quantitative estimate of drug-likeness (QED) is 0.525. The molecule has 0 fully saturated rings. The van der Waals surface area contributed by atoms with Crippen LogP contribution in [0.25, 0.3) is 0 Å². The number of hydrogen-bond donors (Lipinski definition) is 1. The van der Waals surface area contributed by atoms with Crippen LogP contribution in [-0.2, 0) is 0 Å². The first kappa shape index (κ1) is 14.4. The molecule has 2 nitrogen and oxygen atoms in total. The molecule has 96 valence electrons. The zero-order chi connectivity index (χ0) is 12.5. The summed E-state index contributed by atoms with van der Waals surface area (Å²) in [5.74, 6) is 0. The minimum absolute atomic E-state index is 0.497. The summed E-state index contributed by atoms with van der Waals surface area (Å²) in [4.78, 5) is 5.76. The molecule has 0 bridgehead atoms. The molecule has 0 aromatic carbocycles. The zero-order valence-corrected chi connectivity index (χ0v) is 11.9. The van der Waals surface area contributed by atoms with Crippen molar-refractivity contribution in [2.24, 2.45) is 0 Å². The lowest BCUT2D eigenvalue weighted by atomic mass is 10.0. The van der Waals surface area contributed by atoms with E-state index in [1.807, 2.05) is 11.6 Å². The lowest BCUT2D eigenvalue weighted by molar-refractivity contribution is 0.487. The minimum atomic E-state index is 0.497. The van der Waals surface area contributed by atoms with Crippen LogP contribution in [0.3, 0.4) is 0 Å². The van der Waals surface area contributed by atoms with Gasteiger partial charge in [-0.15, -0.1) is 17.9 Å². The Morgan fingerprint density at radius 3 is 2.88 bits per heavy atom. The van der Waals surface area contributed by atoms with E-state index in [0.717, 1.165) is 13.0 Å². The van der Waals surface area contributed by atoms with E-state index in [0.29, 0.717) is 6.04 Å². The topological polar surface area (TPSA) is 24.9 Å². The van der Waals surface area contributed by atoms with Gasteiger partial charge in [-0.1, -0.05) is 25.8 Å². The third kappa shape index (κ3) is 5.00. The molecule has 1 atom stereocenters. The van der Waals surface area contributed by atoms with Crippen molar-refractivity contribution in [3.05, 3.63) is 28.7 Å². The molecular formula is C14H24N2S. The number of nitrogens with one attached hydrogen (secondary N) is 1. The summed E-state index contributed by atoms with van der Waals surface area (Å²) in [5.41, 5.74) is 3.14. The maximum Gasteiger partial charge on any atom is 0.0798 e. The summed E-state index contributed by atoms with van der Waals surface area (Å²) in [6.07, 6.45) is 8.22. The number of rotatable bonds is 9. The molecule has 0 aliphatic carbocycles. The fraction of sp³-hybridized carbons (Fsp3) is 0.643. The SMILES string of the molecule is C=CCCCCCC(NCC)c1scnc1C. The Labute approximate surface area is 109 Å². The van der Waals surface area contributed by atoms with Gasteiger partial charge in [-0.25, -0.2) is 4.98 Å². The Morgan fingerprint density at radius 1 is 1.47 bits per heavy atom. The first-order chi connectivity index (χ1) is 8.29. The maximum atomic E-state index is 4.34. The largest absolute Gasteiger partial charge is 0.309 e. The number of thiazole rings is 1. The molecule has 1 aromatic heterocycles. The number of hydrogen-bond acceptors (Lipinski definition) is 3. The number of aryl methyl sites for hydroxylation is 1. The molecule has 1 rings (SSSR count). The highest BCUT2D eigenvalue weighted by atomic mass is 32.1. The van der Waals surface area contributed by atoms with Gasteiger partial charge in [0.1, 0.15) is 0 Å². The van der Waals surface area contributed by atoms with Gasteiger partial charge in [-0.05, 0) is 32.7 Å². The van der Waals surface area contributed by atoms with Crippen molar-refractivity contribution in [2.45, 2.75) is 52.0 Å². The van der Waals surface area contributed by atoms with E-state index in [-0.39, 0.29) is 0 Å². The van der Waals surface area contributed by atoms with Gasteiger partial charge < -0.3 is 5.32 Å². The van der Waals surface area contributed by atoms with Crippen LogP contribution in [0.2, 0.25) is 0 Å². The Hall–Kier alpha value is -0.670. The van der Waals surface area contributed by atoms with Crippen molar-refractivity contribution in [1.29, 1.82) is 0 Å². The Balaban J connectivity index is 2.39. The van der Waals surface area contributed by atoms with Crippen LogP contribution in [-0.4, -0.2) is 11.5 Å². The van der Waals surface area contributed by atoms with Crippen molar-refractivity contribution in [3.8, 4) is 0 Å². The van der Waals surface area contributed by atoms with E-state index in [9.17, 15) is 0 Å². The Morgan fingerprint density at radius 2 is 2.29 bits per heavy atom. The second-order valence-electron chi connectivity index (χ2n) is 4.34. The van der Waals surface area contributed by atoms with Gasteiger partial charge in [0.2, 0.25) is 0 Å². The molecule has 0 spiro atoms. The van der Waals surface area contributed by atoms with Crippen molar-refractivity contribution >= 4 is 11.3 Å². The molecule has 1 heterocycles. The first-order valence-electron chi connectivity index (χ1n) is 6.53. The number of nitrogens with zero attached hydrogens (tertiary/aromatic N) is 1. The van der Waals surface area contributed by atoms with Gasteiger partial charge in [0.25, 0.3) is 0 Å². The van der Waals surface area contributed by atoms with Crippen molar-refractivity contribution in [3.63, 3.8) is 0 Å². The van der Waals surface area contributed by atoms with Gasteiger partial charge in [-0.2, -0.15) is 0 Å². The second kappa shape index (κ2) is 8.43. The van der Waals surface area contributed by atoms with Crippen LogP contribution < -0.4 is 5.32 Å². The average molecular weight is 252 g/mol. The molecule has 0 radical (unpaired) electrons. The fourth-order valence-electron chi connectivity index (χ4n) is 2.03. The molecule has 0 saturated heterocycles. The van der Waals surface area contributed by atoms with Crippen LogP contribution in [0.4, 0.5) is 0 Å². The molecule has 0 saturated carbocycles. The molecule has 3 heteroatoms. The molecule has 0 aliphatic heterocycles. The van der Waals surface area contributed by atoms with Crippen molar-refractivity contribution in [1.82, 2.24) is 10.3 Å². The molecule has 1 unspecified atom stereocenters. The third-order valence-corrected chi connectivity index (χ3v) is 4.00. The van der Waals surface area contributed by atoms with Crippen LogP contribution >= 0.6 is 11.3 Å². The van der Waals surface area contributed by atoms with E-state index < -0.39 is 0 Å². The summed E-state index contributed by atoms with van der Waals surface area (Å²) in [5, 5.41) is 3.57. The van der Waals surface area contributed by atoms with Gasteiger partial charge in [0.15, 0.2) is 0 Å². The standard InChI is InChI=1S/C14H24N2S/c1-4-6-7-8-9-10-13(15-5-2)14-12(3)16-11-17-14/h4,11,13,15H,1,5-10H2,2-3H3. The van der Waals surface area contributed by atoms with Gasteiger partial charge >= 0.3 is 0 Å². The molecule has 0 aliphatic rings. The van der Waals surface area contributed by atoms with E-state index >= 15 is 0 Å². The second-order valence-corrected chi connectivity index (χ2v) is 5.23. The lowest BCUT2D eigenvalue weighted by Gasteiger charge is -2.16. The molecule has 0 amide bonds. The third-order valence-electron chi connectivity index (χ3n) is 2.95. The molecular weight excluding hydrogens is 228 g/mol. The van der Waals surface area contributed by atoms with E-state index in [2.05, 4.69) is 30.7 Å². The summed E-state index contributed by atoms with van der Waals surface area (Å²) >= 11 is 1.78. The number of unbranched alkanes of at least 4 members (excludes halogenated alkanes) is 3. The summed E-state index contributed by atoms with van der Waals surface area (Å²) in [6, 6.07) is 0.497. The monoisotopic (exact) mass is 252 g/mol. The van der Waals surface area contributed by atoms with Crippen molar-refractivity contribution in [2.75, 3.05) is 6.54 Å². The summed E-state index contributed by atoms with van der Waals surface area (Å²) in [7, 11) is 0.